The summed E-state index contributed by atoms with van der Waals surface area (Å²) >= 11 is 11.6. The Balaban J connectivity index is 2.88. The van der Waals surface area contributed by atoms with Gasteiger partial charge in [0.15, 0.2) is 6.29 Å². The number of carbonyl (C=O) groups is 1. The maximum absolute atomic E-state index is 10.7. The predicted molar refractivity (Wildman–Crippen MR) is 59.5 cm³/mol. The van der Waals surface area contributed by atoms with Crippen LogP contribution in [-0.4, -0.2) is 6.29 Å². The third-order valence-electron chi connectivity index (χ3n) is 1.75. The van der Waals surface area contributed by atoms with E-state index >= 15 is 0 Å². The molecule has 0 radical (unpaired) electrons. The first-order valence-electron chi connectivity index (χ1n) is 3.58. The predicted octanol–water partition coefficient (Wildman–Crippen LogP) is 3.66. The van der Waals surface area contributed by atoms with Crippen molar-refractivity contribution in [2.45, 2.75) is 4.21 Å². The zero-order chi connectivity index (χ0) is 9.42. The lowest BCUT2D eigenvalue weighted by molar-refractivity contribution is 0.112. The minimum atomic E-state index is 0.588. The molecule has 0 spiro atoms. The average molecular weight is 229 g/mol. The summed E-state index contributed by atoms with van der Waals surface area (Å²) < 4.78 is 1.89. The summed E-state index contributed by atoms with van der Waals surface area (Å²) in [5.74, 6) is 0. The van der Waals surface area contributed by atoms with Gasteiger partial charge in [0.1, 0.15) is 0 Å². The van der Waals surface area contributed by atoms with Crippen LogP contribution in [0.2, 0.25) is 5.02 Å². The van der Waals surface area contributed by atoms with E-state index < -0.39 is 0 Å². The van der Waals surface area contributed by atoms with Crippen LogP contribution in [0.5, 0.6) is 0 Å². The van der Waals surface area contributed by atoms with E-state index in [0.29, 0.717) is 10.6 Å². The van der Waals surface area contributed by atoms with Crippen LogP contribution in [0.4, 0.5) is 0 Å². The molecule has 1 aromatic heterocycles. The smallest absolute Gasteiger partial charge is 0.150 e. The minimum absolute atomic E-state index is 0.588. The summed E-state index contributed by atoms with van der Waals surface area (Å²) in [5, 5.41) is 1.51. The molecule has 0 unspecified atom stereocenters. The molecular weight excluding hydrogens is 224 g/mol. The molecular formula is C9H5ClOS2. The van der Waals surface area contributed by atoms with Gasteiger partial charge in [-0.05, 0) is 18.2 Å². The fourth-order valence-electron chi connectivity index (χ4n) is 1.22. The normalized spacial score (nSPS) is 10.6. The van der Waals surface area contributed by atoms with Crippen LogP contribution < -0.4 is 0 Å². The Bertz CT molecular complexity index is 476. The molecule has 0 fully saturated rings. The molecule has 4 heteroatoms. The number of thiophene rings is 1. The highest BCUT2D eigenvalue weighted by Crippen LogP contribution is 2.32. The van der Waals surface area contributed by atoms with Gasteiger partial charge in [0.2, 0.25) is 0 Å². The molecule has 0 aliphatic rings. The summed E-state index contributed by atoms with van der Waals surface area (Å²) in [6.45, 7) is 0. The van der Waals surface area contributed by atoms with Crippen molar-refractivity contribution in [1.82, 2.24) is 0 Å². The summed E-state index contributed by atoms with van der Waals surface area (Å²) in [4.78, 5) is 10.7. The maximum atomic E-state index is 10.7. The number of aldehydes is 1. The van der Waals surface area contributed by atoms with E-state index in [1.165, 1.54) is 11.3 Å². The minimum Gasteiger partial charge on any atom is -0.298 e. The second-order valence-electron chi connectivity index (χ2n) is 2.61. The third-order valence-corrected chi connectivity index (χ3v) is 3.25. The standard InChI is InChI=1S/C9H5ClOS2/c10-6-1-5(4-11)7-3-9(12)13-8(7)2-6/h1-4,12H. The Kier molecular flexibility index (Phi) is 2.32. The zero-order valence-corrected chi connectivity index (χ0v) is 8.92. The first kappa shape index (κ1) is 9.06. The topological polar surface area (TPSA) is 17.1 Å². The van der Waals surface area contributed by atoms with Crippen molar-refractivity contribution < 1.29 is 4.79 Å². The Morgan fingerprint density at radius 1 is 1.38 bits per heavy atom. The van der Waals surface area contributed by atoms with Gasteiger partial charge in [-0.15, -0.1) is 24.0 Å². The van der Waals surface area contributed by atoms with Crippen molar-refractivity contribution >= 4 is 51.9 Å². The zero-order valence-electron chi connectivity index (χ0n) is 6.45. The number of carbonyl (C=O) groups excluding carboxylic acids is 1. The van der Waals surface area contributed by atoms with Crippen molar-refractivity contribution in [3.05, 3.63) is 28.8 Å². The molecule has 0 bridgehead atoms. The van der Waals surface area contributed by atoms with Gasteiger partial charge >= 0.3 is 0 Å². The van der Waals surface area contributed by atoms with Crippen LogP contribution >= 0.6 is 35.6 Å². The van der Waals surface area contributed by atoms with E-state index in [1.807, 2.05) is 12.1 Å². The lowest BCUT2D eigenvalue weighted by Crippen LogP contribution is -1.79. The first-order valence-corrected chi connectivity index (χ1v) is 5.22. The van der Waals surface area contributed by atoms with E-state index in [0.717, 1.165) is 20.6 Å². The van der Waals surface area contributed by atoms with Gasteiger partial charge in [0.25, 0.3) is 0 Å². The molecule has 2 aromatic rings. The van der Waals surface area contributed by atoms with Crippen molar-refractivity contribution in [2.24, 2.45) is 0 Å². The molecule has 0 aliphatic heterocycles. The van der Waals surface area contributed by atoms with Crippen molar-refractivity contribution in [2.75, 3.05) is 0 Å². The van der Waals surface area contributed by atoms with Crippen molar-refractivity contribution in [3.8, 4) is 0 Å². The third kappa shape index (κ3) is 1.59. The molecule has 1 heterocycles. The fourth-order valence-corrected chi connectivity index (χ4v) is 2.81. The Morgan fingerprint density at radius 2 is 2.15 bits per heavy atom. The van der Waals surface area contributed by atoms with Crippen LogP contribution in [0.15, 0.2) is 22.4 Å². The van der Waals surface area contributed by atoms with Gasteiger partial charge in [-0.25, -0.2) is 0 Å². The molecule has 0 saturated heterocycles. The lowest BCUT2D eigenvalue weighted by atomic mass is 10.1. The van der Waals surface area contributed by atoms with Crippen molar-refractivity contribution in [3.63, 3.8) is 0 Å². The molecule has 2 rings (SSSR count). The van der Waals surface area contributed by atoms with Gasteiger partial charge in [0, 0.05) is 20.7 Å². The maximum Gasteiger partial charge on any atom is 0.150 e. The lowest BCUT2D eigenvalue weighted by Gasteiger charge is -1.94. The summed E-state index contributed by atoms with van der Waals surface area (Å²) in [5.41, 5.74) is 0.624. The van der Waals surface area contributed by atoms with Gasteiger partial charge in [-0.1, -0.05) is 11.6 Å². The van der Waals surface area contributed by atoms with Crippen LogP contribution in [0.25, 0.3) is 10.1 Å². The number of benzene rings is 1. The van der Waals surface area contributed by atoms with E-state index in [2.05, 4.69) is 12.6 Å². The SMILES string of the molecule is O=Cc1cc(Cl)cc2sc(S)cc12. The molecule has 13 heavy (non-hydrogen) atoms. The summed E-state index contributed by atoms with van der Waals surface area (Å²) in [6, 6.07) is 5.38. The molecule has 66 valence electrons. The van der Waals surface area contributed by atoms with Crippen molar-refractivity contribution in [1.29, 1.82) is 0 Å². The van der Waals surface area contributed by atoms with E-state index in [1.54, 1.807) is 6.07 Å². The van der Waals surface area contributed by atoms with Crippen LogP contribution in [0, 0.1) is 0 Å². The van der Waals surface area contributed by atoms with Crippen LogP contribution in [0.1, 0.15) is 10.4 Å². The largest absolute Gasteiger partial charge is 0.298 e. The molecule has 0 atom stereocenters. The van der Waals surface area contributed by atoms with E-state index in [9.17, 15) is 4.79 Å². The number of rotatable bonds is 1. The summed E-state index contributed by atoms with van der Waals surface area (Å²) in [7, 11) is 0. The second-order valence-corrected chi connectivity index (χ2v) is 4.91. The van der Waals surface area contributed by atoms with Crippen LogP contribution in [0.3, 0.4) is 0 Å². The number of thiol groups is 1. The van der Waals surface area contributed by atoms with Gasteiger partial charge in [0.05, 0.1) is 4.21 Å². The number of hydrogen-bond acceptors (Lipinski definition) is 3. The second kappa shape index (κ2) is 3.33. The Hall–Kier alpha value is -0.510. The Labute approximate surface area is 89.7 Å². The molecule has 1 nitrogen and oxygen atoms in total. The number of fused-ring (bicyclic) bond motifs is 1. The van der Waals surface area contributed by atoms with Crippen LogP contribution in [-0.2, 0) is 0 Å². The highest BCUT2D eigenvalue weighted by molar-refractivity contribution is 7.83. The molecule has 0 aliphatic carbocycles. The molecule has 0 saturated carbocycles. The van der Waals surface area contributed by atoms with Gasteiger partial charge < -0.3 is 0 Å². The highest BCUT2D eigenvalue weighted by atomic mass is 35.5. The molecule has 1 aromatic carbocycles. The van der Waals surface area contributed by atoms with E-state index in [-0.39, 0.29) is 0 Å². The van der Waals surface area contributed by atoms with Gasteiger partial charge in [-0.3, -0.25) is 4.79 Å². The summed E-state index contributed by atoms with van der Waals surface area (Å²) in [6.07, 6.45) is 0.814. The monoisotopic (exact) mass is 228 g/mol. The van der Waals surface area contributed by atoms with Gasteiger partial charge in [-0.2, -0.15) is 0 Å². The Morgan fingerprint density at radius 3 is 2.85 bits per heavy atom. The quantitative estimate of drug-likeness (QED) is 0.582. The number of hydrogen-bond donors (Lipinski definition) is 1. The average Bonchev–Trinajstić information content (AvgIpc) is 2.43. The van der Waals surface area contributed by atoms with E-state index in [4.69, 9.17) is 11.6 Å². The number of halogens is 1. The fraction of sp³-hybridized carbons (Fsp3) is 0. The molecule has 0 amide bonds. The highest BCUT2D eigenvalue weighted by Gasteiger charge is 2.05. The molecule has 0 N–H and O–H groups in total. The first-order chi connectivity index (χ1) is 6.20.